The molecule has 1 fully saturated rings. The minimum Gasteiger partial charge on any atom is -0.320 e. The van der Waals surface area contributed by atoms with E-state index in [0.29, 0.717) is 6.04 Å². The van der Waals surface area contributed by atoms with Crippen molar-refractivity contribution in [3.05, 3.63) is 45.8 Å². The van der Waals surface area contributed by atoms with Gasteiger partial charge in [0.15, 0.2) is 5.16 Å². The van der Waals surface area contributed by atoms with E-state index in [0.717, 1.165) is 29.4 Å². The summed E-state index contributed by atoms with van der Waals surface area (Å²) >= 11 is 1.38. The number of nitro benzene ring substituents is 1. The Hall–Kier alpha value is -2.35. The molecule has 1 heterocycles. The highest BCUT2D eigenvalue weighted by atomic mass is 32.2. The predicted molar refractivity (Wildman–Crippen MR) is 102 cm³/mol. The highest BCUT2D eigenvalue weighted by molar-refractivity contribution is 7.99. The molecule has 1 N–H and O–H groups in total. The molecule has 26 heavy (non-hydrogen) atoms. The van der Waals surface area contributed by atoms with Gasteiger partial charge in [0, 0.05) is 17.8 Å². The van der Waals surface area contributed by atoms with Gasteiger partial charge in [-0.1, -0.05) is 36.7 Å². The number of nitrogens with zero attached hydrogens (tertiary/aromatic N) is 3. The van der Waals surface area contributed by atoms with E-state index in [1.807, 2.05) is 6.92 Å². The van der Waals surface area contributed by atoms with E-state index >= 15 is 0 Å². The molecule has 1 aromatic heterocycles. The fourth-order valence-electron chi connectivity index (χ4n) is 3.35. The van der Waals surface area contributed by atoms with Crippen LogP contribution in [0.3, 0.4) is 0 Å². The maximum atomic E-state index is 12.3. The van der Waals surface area contributed by atoms with Crippen molar-refractivity contribution < 1.29 is 9.72 Å². The Morgan fingerprint density at radius 2 is 2.04 bits per heavy atom. The third-order valence-corrected chi connectivity index (χ3v) is 5.70. The Bertz CT molecular complexity index is 828. The molecule has 0 unspecified atom stereocenters. The average molecular weight is 374 g/mol. The molecule has 1 aliphatic carbocycles. The zero-order chi connectivity index (χ0) is 18.7. The number of hydrogen-bond donors (Lipinski definition) is 1. The first kappa shape index (κ1) is 18.4. The second-order valence-corrected chi connectivity index (χ2v) is 7.43. The lowest BCUT2D eigenvalue weighted by atomic mass is 10.2. The van der Waals surface area contributed by atoms with E-state index in [-0.39, 0.29) is 23.0 Å². The quantitative estimate of drug-likeness (QED) is 0.464. The summed E-state index contributed by atoms with van der Waals surface area (Å²) in [5.74, 6) is -0.116. The van der Waals surface area contributed by atoms with Crippen molar-refractivity contribution in [2.45, 2.75) is 50.7 Å². The van der Waals surface area contributed by atoms with Crippen LogP contribution in [-0.4, -0.2) is 26.1 Å². The summed E-state index contributed by atoms with van der Waals surface area (Å²) in [6, 6.07) is 6.61. The fourth-order valence-corrected chi connectivity index (χ4v) is 4.30. The SMILES string of the molecule is Cc1nc(SCC(=O)Nc2ccccc2[N+](=O)[O-])n(C2CCCC2)c1C. The zero-order valence-corrected chi connectivity index (χ0v) is 15.7. The molecular weight excluding hydrogens is 352 g/mol. The molecule has 0 radical (unpaired) electrons. The van der Waals surface area contributed by atoms with Crippen LogP contribution in [0.5, 0.6) is 0 Å². The number of carbonyl (C=O) groups excluding carboxylic acids is 1. The molecule has 0 saturated heterocycles. The smallest absolute Gasteiger partial charge is 0.292 e. The van der Waals surface area contributed by atoms with E-state index in [1.54, 1.807) is 12.1 Å². The minimum atomic E-state index is -0.498. The van der Waals surface area contributed by atoms with Crippen molar-refractivity contribution in [1.82, 2.24) is 9.55 Å². The van der Waals surface area contributed by atoms with Gasteiger partial charge in [0.25, 0.3) is 5.69 Å². The first-order chi connectivity index (χ1) is 12.5. The summed E-state index contributed by atoms with van der Waals surface area (Å²) < 4.78 is 2.26. The van der Waals surface area contributed by atoms with E-state index in [4.69, 9.17) is 0 Å². The van der Waals surface area contributed by atoms with Crippen LogP contribution in [0.1, 0.15) is 43.1 Å². The molecule has 3 rings (SSSR count). The van der Waals surface area contributed by atoms with E-state index < -0.39 is 4.92 Å². The van der Waals surface area contributed by atoms with Crippen molar-refractivity contribution >= 4 is 29.0 Å². The second-order valence-electron chi connectivity index (χ2n) is 6.48. The second kappa shape index (κ2) is 7.90. The third-order valence-electron chi connectivity index (χ3n) is 4.75. The van der Waals surface area contributed by atoms with Gasteiger partial charge < -0.3 is 9.88 Å². The molecular formula is C18H22N4O3S. The van der Waals surface area contributed by atoms with Crippen molar-refractivity contribution in [3.8, 4) is 0 Å². The summed E-state index contributed by atoms with van der Waals surface area (Å²) in [6.45, 7) is 4.05. The number of aryl methyl sites for hydroxylation is 1. The molecule has 1 saturated carbocycles. The van der Waals surface area contributed by atoms with Crippen LogP contribution >= 0.6 is 11.8 Å². The minimum absolute atomic E-state index is 0.106. The molecule has 0 aliphatic heterocycles. The average Bonchev–Trinajstić information content (AvgIpc) is 3.22. The summed E-state index contributed by atoms with van der Waals surface area (Å²) in [4.78, 5) is 27.5. The number of thioether (sulfide) groups is 1. The van der Waals surface area contributed by atoms with E-state index in [1.165, 1.54) is 36.7 Å². The van der Waals surface area contributed by atoms with Gasteiger partial charge in [0.05, 0.1) is 16.4 Å². The first-order valence-corrected chi connectivity index (χ1v) is 9.67. The Morgan fingerprint density at radius 1 is 1.35 bits per heavy atom. The molecule has 1 aliphatic rings. The van der Waals surface area contributed by atoms with Gasteiger partial charge in [-0.3, -0.25) is 14.9 Å². The molecule has 0 bridgehead atoms. The normalized spacial score (nSPS) is 14.5. The van der Waals surface area contributed by atoms with Crippen molar-refractivity contribution in [3.63, 3.8) is 0 Å². The number of benzene rings is 1. The first-order valence-electron chi connectivity index (χ1n) is 8.69. The Labute approximate surface area is 156 Å². The Kier molecular flexibility index (Phi) is 5.61. The van der Waals surface area contributed by atoms with Crippen LogP contribution in [0.2, 0.25) is 0 Å². The van der Waals surface area contributed by atoms with E-state index in [2.05, 4.69) is 21.8 Å². The molecule has 8 heteroatoms. The van der Waals surface area contributed by atoms with Crippen molar-refractivity contribution in [1.29, 1.82) is 0 Å². The fraction of sp³-hybridized carbons (Fsp3) is 0.444. The van der Waals surface area contributed by atoms with Crippen LogP contribution in [0.25, 0.3) is 0 Å². The predicted octanol–water partition coefficient (Wildman–Crippen LogP) is 4.25. The topological polar surface area (TPSA) is 90.1 Å². The van der Waals surface area contributed by atoms with Gasteiger partial charge >= 0.3 is 0 Å². The molecule has 138 valence electrons. The van der Waals surface area contributed by atoms with Crippen molar-refractivity contribution in [2.75, 3.05) is 11.1 Å². The number of nitrogens with one attached hydrogen (secondary N) is 1. The molecule has 1 aromatic carbocycles. The number of carbonyl (C=O) groups is 1. The van der Waals surface area contributed by atoms with E-state index in [9.17, 15) is 14.9 Å². The number of hydrogen-bond acceptors (Lipinski definition) is 5. The monoisotopic (exact) mass is 374 g/mol. The number of aromatic nitrogens is 2. The van der Waals surface area contributed by atoms with Crippen molar-refractivity contribution in [2.24, 2.45) is 0 Å². The van der Waals surface area contributed by atoms with Gasteiger partial charge in [-0.2, -0.15) is 0 Å². The number of amides is 1. The van der Waals surface area contributed by atoms with Gasteiger partial charge in [-0.25, -0.2) is 4.98 Å². The molecule has 2 aromatic rings. The summed E-state index contributed by atoms with van der Waals surface area (Å²) in [5.41, 5.74) is 2.25. The Morgan fingerprint density at radius 3 is 2.73 bits per heavy atom. The van der Waals surface area contributed by atoms with Crippen LogP contribution in [0.4, 0.5) is 11.4 Å². The van der Waals surface area contributed by atoms with Crippen LogP contribution < -0.4 is 5.32 Å². The van der Waals surface area contributed by atoms with Crippen LogP contribution in [0.15, 0.2) is 29.4 Å². The van der Waals surface area contributed by atoms with Gasteiger partial charge in [-0.05, 0) is 32.8 Å². The molecule has 1 amide bonds. The summed E-state index contributed by atoms with van der Waals surface area (Å²) in [5, 5.41) is 14.5. The zero-order valence-electron chi connectivity index (χ0n) is 14.9. The summed E-state index contributed by atoms with van der Waals surface area (Å²) in [6.07, 6.45) is 4.74. The number of imidazole rings is 1. The molecule has 0 spiro atoms. The van der Waals surface area contributed by atoms with Gasteiger partial charge in [0.2, 0.25) is 5.91 Å². The molecule has 7 nitrogen and oxygen atoms in total. The van der Waals surface area contributed by atoms with Gasteiger partial charge in [0.1, 0.15) is 5.69 Å². The standard InChI is InChI=1S/C18H22N4O3S/c1-12-13(2)21(14-7-3-4-8-14)18(19-12)26-11-17(23)20-15-9-5-6-10-16(15)22(24)25/h5-6,9-10,14H,3-4,7-8,11H2,1-2H3,(H,20,23). The number of anilines is 1. The summed E-state index contributed by atoms with van der Waals surface area (Å²) in [7, 11) is 0. The largest absolute Gasteiger partial charge is 0.320 e. The lowest BCUT2D eigenvalue weighted by molar-refractivity contribution is -0.383. The number of rotatable bonds is 6. The molecule has 0 atom stereocenters. The maximum absolute atomic E-state index is 12.3. The third kappa shape index (κ3) is 3.90. The lowest BCUT2D eigenvalue weighted by Gasteiger charge is -2.16. The highest BCUT2D eigenvalue weighted by Gasteiger charge is 2.24. The number of nitro groups is 1. The van der Waals surface area contributed by atoms with Crippen LogP contribution in [0, 0.1) is 24.0 Å². The van der Waals surface area contributed by atoms with Gasteiger partial charge in [-0.15, -0.1) is 0 Å². The Balaban J connectivity index is 1.69. The maximum Gasteiger partial charge on any atom is 0.292 e. The lowest BCUT2D eigenvalue weighted by Crippen LogP contribution is -2.16. The van der Waals surface area contributed by atoms with Crippen LogP contribution in [-0.2, 0) is 4.79 Å². The highest BCUT2D eigenvalue weighted by Crippen LogP contribution is 2.35. The number of para-hydroxylation sites is 2.